The van der Waals surface area contributed by atoms with Gasteiger partial charge >= 0.3 is 0 Å². The average Bonchev–Trinajstić information content (AvgIpc) is 2.81. The number of aromatic nitrogens is 2. The maximum atomic E-state index is 5.95. The lowest BCUT2D eigenvalue weighted by Crippen LogP contribution is -2.00. The van der Waals surface area contributed by atoms with Crippen molar-refractivity contribution in [3.05, 3.63) is 58.9 Å². The average molecular weight is 272 g/mol. The predicted molar refractivity (Wildman–Crippen MR) is 79.6 cm³/mol. The van der Waals surface area contributed by atoms with Crippen LogP contribution in [0.1, 0.15) is 11.4 Å². The monoisotopic (exact) mass is 271 g/mol. The zero-order valence-electron chi connectivity index (χ0n) is 10.6. The Morgan fingerprint density at radius 1 is 1.21 bits per heavy atom. The first-order valence-corrected chi connectivity index (χ1v) is 6.54. The van der Waals surface area contributed by atoms with E-state index in [0.29, 0.717) is 6.54 Å². The van der Waals surface area contributed by atoms with Gasteiger partial charge in [-0.15, -0.1) is 0 Å². The van der Waals surface area contributed by atoms with E-state index in [9.17, 15) is 0 Å². The lowest BCUT2D eigenvalue weighted by molar-refractivity contribution is 1.01. The summed E-state index contributed by atoms with van der Waals surface area (Å²) in [5, 5.41) is 4.03. The lowest BCUT2D eigenvalue weighted by atomic mass is 10.2. The second kappa shape index (κ2) is 4.94. The van der Waals surface area contributed by atoms with Gasteiger partial charge in [0.15, 0.2) is 0 Å². The van der Waals surface area contributed by atoms with Gasteiger partial charge in [0.05, 0.1) is 17.6 Å². The summed E-state index contributed by atoms with van der Waals surface area (Å²) in [5.41, 5.74) is 4.28. The molecule has 0 bridgehead atoms. The van der Waals surface area contributed by atoms with Gasteiger partial charge in [-0.05, 0) is 36.8 Å². The highest BCUT2D eigenvalue weighted by Crippen LogP contribution is 2.18. The molecule has 1 aromatic heterocycles. The molecule has 3 nitrogen and oxygen atoms in total. The van der Waals surface area contributed by atoms with E-state index < -0.39 is 0 Å². The van der Waals surface area contributed by atoms with Crippen molar-refractivity contribution in [3.63, 3.8) is 0 Å². The molecule has 96 valence electrons. The normalized spacial score (nSPS) is 10.8. The Balaban J connectivity index is 1.80. The third-order valence-corrected chi connectivity index (χ3v) is 3.28. The van der Waals surface area contributed by atoms with Gasteiger partial charge < -0.3 is 10.3 Å². The second-order valence-electron chi connectivity index (χ2n) is 4.52. The third kappa shape index (κ3) is 2.56. The van der Waals surface area contributed by atoms with Crippen LogP contribution in [0.3, 0.4) is 0 Å². The molecule has 0 atom stereocenters. The van der Waals surface area contributed by atoms with Crippen LogP contribution in [0, 0.1) is 6.92 Å². The number of hydrogen-bond donors (Lipinski definition) is 2. The first kappa shape index (κ1) is 12.1. The number of aromatic amines is 1. The Bertz CT molecular complexity index is 718. The fourth-order valence-electron chi connectivity index (χ4n) is 2.09. The van der Waals surface area contributed by atoms with Crippen LogP contribution in [-0.2, 0) is 6.54 Å². The number of nitrogens with zero attached hydrogens (tertiary/aromatic N) is 1. The van der Waals surface area contributed by atoms with Crippen LogP contribution in [0.4, 0.5) is 5.69 Å². The van der Waals surface area contributed by atoms with Gasteiger partial charge in [0.1, 0.15) is 5.82 Å². The first-order valence-electron chi connectivity index (χ1n) is 6.16. The molecule has 0 radical (unpaired) electrons. The maximum Gasteiger partial charge on any atom is 0.126 e. The number of nitrogens with one attached hydrogen (secondary N) is 2. The van der Waals surface area contributed by atoms with Crippen LogP contribution in [0.25, 0.3) is 11.0 Å². The zero-order chi connectivity index (χ0) is 13.2. The number of imidazole rings is 1. The first-order chi connectivity index (χ1) is 9.22. The Labute approximate surface area is 116 Å². The van der Waals surface area contributed by atoms with Crippen LogP contribution in [-0.4, -0.2) is 9.97 Å². The second-order valence-corrected chi connectivity index (χ2v) is 4.95. The lowest BCUT2D eigenvalue weighted by Gasteiger charge is -2.04. The highest BCUT2D eigenvalue weighted by atomic mass is 35.5. The summed E-state index contributed by atoms with van der Waals surface area (Å²) in [7, 11) is 0. The summed E-state index contributed by atoms with van der Waals surface area (Å²) in [6.07, 6.45) is 0. The Hall–Kier alpha value is -2.00. The van der Waals surface area contributed by atoms with Crippen LogP contribution in [0.5, 0.6) is 0 Å². The SMILES string of the molecule is Cc1cccc2[nH]c(CNc3cccc(Cl)c3)nc12. The van der Waals surface area contributed by atoms with Gasteiger partial charge in [0.2, 0.25) is 0 Å². The molecule has 2 N–H and O–H groups in total. The number of halogens is 1. The molecule has 19 heavy (non-hydrogen) atoms. The van der Waals surface area contributed by atoms with E-state index in [1.807, 2.05) is 36.4 Å². The molecule has 0 amide bonds. The van der Waals surface area contributed by atoms with E-state index in [2.05, 4.69) is 28.3 Å². The van der Waals surface area contributed by atoms with Crippen molar-refractivity contribution >= 4 is 28.3 Å². The molecule has 0 aliphatic rings. The summed E-state index contributed by atoms with van der Waals surface area (Å²) < 4.78 is 0. The van der Waals surface area contributed by atoms with E-state index in [1.54, 1.807) is 0 Å². The van der Waals surface area contributed by atoms with Crippen molar-refractivity contribution in [1.82, 2.24) is 9.97 Å². The van der Waals surface area contributed by atoms with E-state index in [1.165, 1.54) is 5.56 Å². The largest absolute Gasteiger partial charge is 0.378 e. The minimum absolute atomic E-state index is 0.647. The van der Waals surface area contributed by atoms with Crippen LogP contribution in [0.2, 0.25) is 5.02 Å². The highest BCUT2D eigenvalue weighted by molar-refractivity contribution is 6.30. The van der Waals surface area contributed by atoms with Crippen molar-refractivity contribution in [2.24, 2.45) is 0 Å². The predicted octanol–water partition coefficient (Wildman–Crippen LogP) is 4.14. The van der Waals surface area contributed by atoms with Crippen molar-refractivity contribution in [1.29, 1.82) is 0 Å². The quantitative estimate of drug-likeness (QED) is 0.752. The summed E-state index contributed by atoms with van der Waals surface area (Å²) in [4.78, 5) is 7.91. The fraction of sp³-hybridized carbons (Fsp3) is 0.133. The number of anilines is 1. The van der Waals surface area contributed by atoms with Gasteiger partial charge in [-0.3, -0.25) is 0 Å². The maximum absolute atomic E-state index is 5.95. The standard InChI is InChI=1S/C15H14ClN3/c1-10-4-2-7-13-15(10)19-14(18-13)9-17-12-6-3-5-11(16)8-12/h2-8,17H,9H2,1H3,(H,18,19). The molecule has 3 aromatic rings. The molecule has 0 spiro atoms. The van der Waals surface area contributed by atoms with E-state index in [0.717, 1.165) is 27.6 Å². The number of para-hydroxylation sites is 1. The Morgan fingerprint density at radius 2 is 2.05 bits per heavy atom. The molecule has 0 saturated carbocycles. The van der Waals surface area contributed by atoms with Crippen LogP contribution < -0.4 is 5.32 Å². The smallest absolute Gasteiger partial charge is 0.126 e. The number of aryl methyl sites for hydroxylation is 1. The number of hydrogen-bond acceptors (Lipinski definition) is 2. The van der Waals surface area contributed by atoms with Crippen molar-refractivity contribution in [2.45, 2.75) is 13.5 Å². The Kier molecular flexibility index (Phi) is 3.13. The summed E-state index contributed by atoms with van der Waals surface area (Å²) in [5.74, 6) is 0.921. The Morgan fingerprint density at radius 3 is 2.84 bits per heavy atom. The molecule has 0 aliphatic heterocycles. The van der Waals surface area contributed by atoms with Gasteiger partial charge in [0.25, 0.3) is 0 Å². The van der Waals surface area contributed by atoms with Gasteiger partial charge in [-0.25, -0.2) is 4.98 Å². The number of rotatable bonds is 3. The number of benzene rings is 2. The molecule has 1 heterocycles. The van der Waals surface area contributed by atoms with Crippen molar-refractivity contribution < 1.29 is 0 Å². The molecule has 4 heteroatoms. The molecule has 0 fully saturated rings. The van der Waals surface area contributed by atoms with E-state index >= 15 is 0 Å². The van der Waals surface area contributed by atoms with Crippen LogP contribution >= 0.6 is 11.6 Å². The molecule has 3 rings (SSSR count). The van der Waals surface area contributed by atoms with E-state index in [4.69, 9.17) is 11.6 Å². The topological polar surface area (TPSA) is 40.7 Å². The molecular formula is C15H14ClN3. The minimum atomic E-state index is 0.647. The minimum Gasteiger partial charge on any atom is -0.378 e. The number of H-pyrrole nitrogens is 1. The molecular weight excluding hydrogens is 258 g/mol. The summed E-state index contributed by atoms with van der Waals surface area (Å²) >= 11 is 5.95. The summed E-state index contributed by atoms with van der Waals surface area (Å²) in [6, 6.07) is 13.8. The van der Waals surface area contributed by atoms with Crippen LogP contribution in [0.15, 0.2) is 42.5 Å². The van der Waals surface area contributed by atoms with Gasteiger partial charge in [0, 0.05) is 10.7 Å². The zero-order valence-corrected chi connectivity index (χ0v) is 11.3. The molecule has 0 unspecified atom stereocenters. The molecule has 2 aromatic carbocycles. The van der Waals surface area contributed by atoms with Gasteiger partial charge in [-0.1, -0.05) is 29.8 Å². The van der Waals surface area contributed by atoms with Crippen molar-refractivity contribution in [3.8, 4) is 0 Å². The fourth-order valence-corrected chi connectivity index (χ4v) is 2.28. The van der Waals surface area contributed by atoms with Gasteiger partial charge in [-0.2, -0.15) is 0 Å². The third-order valence-electron chi connectivity index (χ3n) is 3.05. The molecule has 0 aliphatic carbocycles. The van der Waals surface area contributed by atoms with E-state index in [-0.39, 0.29) is 0 Å². The highest BCUT2D eigenvalue weighted by Gasteiger charge is 2.04. The summed E-state index contributed by atoms with van der Waals surface area (Å²) in [6.45, 7) is 2.71. The number of fused-ring (bicyclic) bond motifs is 1. The van der Waals surface area contributed by atoms with Crippen molar-refractivity contribution in [2.75, 3.05) is 5.32 Å². The molecule has 0 saturated heterocycles.